The molecule has 1 atom stereocenters. The zero-order valence-electron chi connectivity index (χ0n) is 7.71. The van der Waals surface area contributed by atoms with E-state index < -0.39 is 40.2 Å². The van der Waals surface area contributed by atoms with Gasteiger partial charge in [-0.15, -0.1) is 0 Å². The van der Waals surface area contributed by atoms with E-state index in [0.717, 1.165) is 6.92 Å². The molecule has 0 spiro atoms. The van der Waals surface area contributed by atoms with Crippen LogP contribution in [-0.4, -0.2) is 53.0 Å². The Bertz CT molecular complexity index is 285. The summed E-state index contributed by atoms with van der Waals surface area (Å²) in [6, 6.07) is 0. The first-order chi connectivity index (χ1) is 6.18. The minimum atomic E-state index is -4.79. The number of aliphatic hydroxyl groups is 3. The maximum absolute atomic E-state index is 10.9. The van der Waals surface area contributed by atoms with Crippen LogP contribution in [0.3, 0.4) is 0 Å². The van der Waals surface area contributed by atoms with E-state index in [-0.39, 0.29) is 0 Å². The summed E-state index contributed by atoms with van der Waals surface area (Å²) in [5.74, 6) is 0. The summed E-state index contributed by atoms with van der Waals surface area (Å²) in [5, 5.41) is 26.6. The van der Waals surface area contributed by atoms with Crippen LogP contribution in [-0.2, 0) is 10.1 Å². The van der Waals surface area contributed by atoms with Gasteiger partial charge in [-0.2, -0.15) is 8.42 Å². The van der Waals surface area contributed by atoms with Gasteiger partial charge in [-0.1, -0.05) is 6.92 Å². The van der Waals surface area contributed by atoms with Crippen LogP contribution in [0.15, 0.2) is 0 Å². The molecular weight excluding hydrogens is 214 g/mol. The molecule has 0 heterocycles. The molecule has 0 fully saturated rings. The molecule has 6 N–H and O–H groups in total. The Labute approximate surface area is 81.9 Å². The third-order valence-electron chi connectivity index (χ3n) is 2.41. The van der Waals surface area contributed by atoms with Crippen LogP contribution < -0.4 is 5.73 Å². The molecule has 0 aliphatic rings. The minimum absolute atomic E-state index is 0.791. The highest BCUT2D eigenvalue weighted by Crippen LogP contribution is 2.32. The average Bonchev–Trinajstić information content (AvgIpc) is 2.13. The molecule has 0 amide bonds. The Hall–Kier alpha value is -0.250. The van der Waals surface area contributed by atoms with Crippen molar-refractivity contribution in [2.75, 3.05) is 19.8 Å². The van der Waals surface area contributed by atoms with Gasteiger partial charge >= 0.3 is 0 Å². The molecule has 14 heavy (non-hydrogen) atoms. The number of aliphatic hydroxyl groups excluding tert-OH is 3. The van der Waals surface area contributed by atoms with Crippen molar-refractivity contribution in [3.05, 3.63) is 0 Å². The maximum atomic E-state index is 10.9. The molecule has 8 heteroatoms. The molecule has 0 saturated heterocycles. The lowest BCUT2D eigenvalue weighted by atomic mass is 9.84. The van der Waals surface area contributed by atoms with Gasteiger partial charge in [-0.25, -0.2) is 0 Å². The predicted octanol–water partition coefficient (Wildman–Crippen LogP) is -2.49. The number of nitrogens with two attached hydrogens (primary N) is 1. The topological polar surface area (TPSA) is 141 Å². The Balaban J connectivity index is 5.45. The van der Waals surface area contributed by atoms with Crippen LogP contribution >= 0.6 is 0 Å². The summed E-state index contributed by atoms with van der Waals surface area (Å²) in [4.78, 5) is -2.48. The van der Waals surface area contributed by atoms with Crippen LogP contribution in [0.4, 0.5) is 0 Å². The smallest absolute Gasteiger partial charge is 0.286 e. The Morgan fingerprint density at radius 2 is 1.50 bits per heavy atom. The molecule has 0 radical (unpaired) electrons. The SMILES string of the molecule is CC(CO)(CO)C(N)(CO)S(=O)(=O)O. The van der Waals surface area contributed by atoms with Crippen molar-refractivity contribution in [2.45, 2.75) is 11.8 Å². The van der Waals surface area contributed by atoms with Crippen molar-refractivity contribution in [2.24, 2.45) is 11.1 Å². The largest absolute Gasteiger partial charge is 0.396 e. The molecule has 1 unspecified atom stereocenters. The van der Waals surface area contributed by atoms with E-state index in [0.29, 0.717) is 0 Å². The number of rotatable bonds is 5. The first-order valence-electron chi connectivity index (χ1n) is 3.77. The van der Waals surface area contributed by atoms with Crippen molar-refractivity contribution in [3.63, 3.8) is 0 Å². The summed E-state index contributed by atoms with van der Waals surface area (Å²) >= 11 is 0. The summed E-state index contributed by atoms with van der Waals surface area (Å²) in [5.41, 5.74) is 3.54. The highest BCUT2D eigenvalue weighted by Gasteiger charge is 2.54. The van der Waals surface area contributed by atoms with Crippen LogP contribution in [0.1, 0.15) is 6.92 Å². The molecule has 86 valence electrons. The number of hydrogen-bond acceptors (Lipinski definition) is 6. The van der Waals surface area contributed by atoms with E-state index >= 15 is 0 Å². The van der Waals surface area contributed by atoms with Crippen molar-refractivity contribution in [3.8, 4) is 0 Å². The van der Waals surface area contributed by atoms with Crippen LogP contribution in [0.25, 0.3) is 0 Å². The van der Waals surface area contributed by atoms with Crippen LogP contribution in [0.5, 0.6) is 0 Å². The second kappa shape index (κ2) is 4.09. The Morgan fingerprint density at radius 3 is 1.57 bits per heavy atom. The highest BCUT2D eigenvalue weighted by molar-refractivity contribution is 7.87. The van der Waals surface area contributed by atoms with Crippen molar-refractivity contribution in [1.82, 2.24) is 0 Å². The van der Waals surface area contributed by atoms with Gasteiger partial charge in [0, 0.05) is 0 Å². The zero-order chi connectivity index (χ0) is 11.6. The van der Waals surface area contributed by atoms with Crippen molar-refractivity contribution in [1.29, 1.82) is 0 Å². The average molecular weight is 229 g/mol. The molecule has 0 saturated carbocycles. The second-order valence-electron chi connectivity index (χ2n) is 3.40. The molecule has 0 rings (SSSR count). The normalized spacial score (nSPS) is 17.9. The van der Waals surface area contributed by atoms with Crippen LogP contribution in [0.2, 0.25) is 0 Å². The lowest BCUT2D eigenvalue weighted by Gasteiger charge is -2.39. The monoisotopic (exact) mass is 229 g/mol. The molecule has 0 aliphatic heterocycles. The van der Waals surface area contributed by atoms with E-state index in [1.54, 1.807) is 0 Å². The highest BCUT2D eigenvalue weighted by atomic mass is 32.2. The molecule has 0 aromatic rings. The van der Waals surface area contributed by atoms with E-state index in [2.05, 4.69) is 0 Å². The molecular formula is C6H15NO6S. The first-order valence-corrected chi connectivity index (χ1v) is 5.21. The van der Waals surface area contributed by atoms with Gasteiger partial charge in [0.1, 0.15) is 0 Å². The zero-order valence-corrected chi connectivity index (χ0v) is 8.53. The summed E-state index contributed by atoms with van der Waals surface area (Å²) in [6.07, 6.45) is 0. The molecule has 0 bridgehead atoms. The van der Waals surface area contributed by atoms with Crippen molar-refractivity contribution < 1.29 is 28.3 Å². The lowest BCUT2D eigenvalue weighted by Crippen LogP contribution is -2.64. The lowest BCUT2D eigenvalue weighted by molar-refractivity contribution is 0.00909. The fourth-order valence-electron chi connectivity index (χ4n) is 0.901. The van der Waals surface area contributed by atoms with Gasteiger partial charge in [-0.05, 0) is 0 Å². The predicted molar refractivity (Wildman–Crippen MR) is 47.8 cm³/mol. The number of hydrogen-bond donors (Lipinski definition) is 5. The third-order valence-corrected chi connectivity index (χ3v) is 3.96. The summed E-state index contributed by atoms with van der Waals surface area (Å²) in [6.45, 7) is -1.55. The fraction of sp³-hybridized carbons (Fsp3) is 1.00. The van der Waals surface area contributed by atoms with Crippen molar-refractivity contribution >= 4 is 10.1 Å². The van der Waals surface area contributed by atoms with E-state index in [1.165, 1.54) is 0 Å². The standard InChI is InChI=1S/C6H15NO6S/c1-5(2-8,3-9)6(7,4-10)14(11,12)13/h8-10H,2-4,7H2,1H3,(H,11,12,13). The van der Waals surface area contributed by atoms with Gasteiger partial charge in [0.15, 0.2) is 4.87 Å². The van der Waals surface area contributed by atoms with Gasteiger partial charge in [0.2, 0.25) is 0 Å². The fourth-order valence-corrected chi connectivity index (χ4v) is 1.82. The molecule has 0 aromatic carbocycles. The summed E-state index contributed by atoms with van der Waals surface area (Å²) < 4.78 is 30.6. The van der Waals surface area contributed by atoms with Gasteiger partial charge in [0.05, 0.1) is 25.2 Å². The Morgan fingerprint density at radius 1 is 1.14 bits per heavy atom. The molecule has 0 aliphatic carbocycles. The summed E-state index contributed by atoms with van der Waals surface area (Å²) in [7, 11) is -4.79. The first kappa shape index (κ1) is 13.8. The van der Waals surface area contributed by atoms with E-state index in [1.807, 2.05) is 0 Å². The van der Waals surface area contributed by atoms with E-state index in [9.17, 15) is 8.42 Å². The van der Waals surface area contributed by atoms with Gasteiger partial charge in [-0.3, -0.25) is 4.55 Å². The van der Waals surface area contributed by atoms with Gasteiger partial charge in [0.25, 0.3) is 10.1 Å². The molecule has 0 aromatic heterocycles. The third kappa shape index (κ3) is 1.90. The van der Waals surface area contributed by atoms with Gasteiger partial charge < -0.3 is 21.1 Å². The Kier molecular flexibility index (Phi) is 4.02. The molecule has 7 nitrogen and oxygen atoms in total. The quantitative estimate of drug-likeness (QED) is 0.328. The van der Waals surface area contributed by atoms with E-state index in [4.69, 9.17) is 25.6 Å². The second-order valence-corrected chi connectivity index (χ2v) is 5.08. The minimum Gasteiger partial charge on any atom is -0.396 e. The maximum Gasteiger partial charge on any atom is 0.286 e. The van der Waals surface area contributed by atoms with Crippen LogP contribution in [0, 0.1) is 5.41 Å².